The van der Waals surface area contributed by atoms with E-state index >= 15 is 0 Å². The van der Waals surface area contributed by atoms with Gasteiger partial charge in [-0.15, -0.1) is 12.6 Å². The van der Waals surface area contributed by atoms with E-state index in [1.807, 2.05) is 0 Å². The van der Waals surface area contributed by atoms with Crippen LogP contribution in [0, 0.1) is 18.6 Å². The molecule has 0 heterocycles. The van der Waals surface area contributed by atoms with Gasteiger partial charge in [0.15, 0.2) is 11.6 Å². The first-order valence-electron chi connectivity index (χ1n) is 5.64. The van der Waals surface area contributed by atoms with Crippen molar-refractivity contribution >= 4 is 35.8 Å². The number of rotatable bonds is 2. The summed E-state index contributed by atoms with van der Waals surface area (Å²) in [5.41, 5.74) is 1.20. The minimum Gasteiger partial charge on any atom is -0.322 e. The van der Waals surface area contributed by atoms with Gasteiger partial charge in [0.05, 0.1) is 5.02 Å². The summed E-state index contributed by atoms with van der Waals surface area (Å²) in [5, 5.41) is 2.93. The third-order valence-electron chi connectivity index (χ3n) is 2.72. The van der Waals surface area contributed by atoms with E-state index in [-0.39, 0.29) is 5.69 Å². The number of thiol groups is 1. The molecule has 0 bridgehead atoms. The van der Waals surface area contributed by atoms with Gasteiger partial charge in [0.1, 0.15) is 0 Å². The standard InChI is InChI=1S/C14H10ClF2NOS/c1-7-4-10(15)13(20)6-9(7)14(19)18-8-2-3-11(16)12(17)5-8/h2-6,20H,1H3,(H,18,19). The summed E-state index contributed by atoms with van der Waals surface area (Å²) in [5.74, 6) is -2.44. The largest absolute Gasteiger partial charge is 0.322 e. The number of halogens is 3. The first kappa shape index (κ1) is 14.8. The lowest BCUT2D eigenvalue weighted by molar-refractivity contribution is 0.102. The molecule has 0 radical (unpaired) electrons. The van der Waals surface area contributed by atoms with Gasteiger partial charge in [-0.05, 0) is 36.8 Å². The molecule has 0 atom stereocenters. The third-order valence-corrected chi connectivity index (χ3v) is 3.53. The molecule has 2 rings (SSSR count). The molecule has 0 saturated heterocycles. The van der Waals surface area contributed by atoms with E-state index in [4.69, 9.17) is 11.6 Å². The first-order valence-corrected chi connectivity index (χ1v) is 6.46. The lowest BCUT2D eigenvalue weighted by Crippen LogP contribution is -2.13. The summed E-state index contributed by atoms with van der Waals surface area (Å²) >= 11 is 10.0. The van der Waals surface area contributed by atoms with Crippen molar-refractivity contribution in [1.29, 1.82) is 0 Å². The van der Waals surface area contributed by atoms with Gasteiger partial charge in [0.25, 0.3) is 5.91 Å². The zero-order valence-electron chi connectivity index (χ0n) is 10.4. The number of carbonyl (C=O) groups excluding carboxylic acids is 1. The van der Waals surface area contributed by atoms with Crippen LogP contribution in [0.1, 0.15) is 15.9 Å². The molecule has 0 spiro atoms. The van der Waals surface area contributed by atoms with Crippen LogP contribution in [0.3, 0.4) is 0 Å². The summed E-state index contributed by atoms with van der Waals surface area (Å²) in [6.07, 6.45) is 0. The Morgan fingerprint density at radius 1 is 1.20 bits per heavy atom. The molecule has 0 aromatic heterocycles. The van der Waals surface area contributed by atoms with E-state index in [0.29, 0.717) is 21.0 Å². The fraction of sp³-hybridized carbons (Fsp3) is 0.0714. The van der Waals surface area contributed by atoms with Gasteiger partial charge in [-0.2, -0.15) is 0 Å². The van der Waals surface area contributed by atoms with Gasteiger partial charge in [-0.3, -0.25) is 4.79 Å². The monoisotopic (exact) mass is 313 g/mol. The van der Waals surface area contributed by atoms with E-state index in [2.05, 4.69) is 17.9 Å². The molecule has 2 aromatic carbocycles. The maximum absolute atomic E-state index is 13.1. The number of benzene rings is 2. The smallest absolute Gasteiger partial charge is 0.255 e. The van der Waals surface area contributed by atoms with Crippen LogP contribution in [0.2, 0.25) is 5.02 Å². The Morgan fingerprint density at radius 3 is 2.55 bits per heavy atom. The number of aryl methyl sites for hydroxylation is 1. The molecular weight excluding hydrogens is 304 g/mol. The molecule has 2 aromatic rings. The van der Waals surface area contributed by atoms with Crippen molar-refractivity contribution in [3.8, 4) is 0 Å². The summed E-state index contributed by atoms with van der Waals surface area (Å²) < 4.78 is 25.9. The van der Waals surface area contributed by atoms with Crippen molar-refractivity contribution in [3.05, 3.63) is 58.1 Å². The molecule has 1 N–H and O–H groups in total. The quantitative estimate of drug-likeness (QED) is 0.787. The van der Waals surface area contributed by atoms with E-state index < -0.39 is 17.5 Å². The van der Waals surface area contributed by atoms with Gasteiger partial charge in [0.2, 0.25) is 0 Å². The van der Waals surface area contributed by atoms with Crippen molar-refractivity contribution in [1.82, 2.24) is 0 Å². The Balaban J connectivity index is 2.28. The molecular formula is C14H10ClF2NOS. The first-order chi connectivity index (χ1) is 9.38. The van der Waals surface area contributed by atoms with E-state index in [9.17, 15) is 13.6 Å². The average Bonchev–Trinajstić information content (AvgIpc) is 2.38. The normalized spacial score (nSPS) is 10.4. The number of nitrogens with one attached hydrogen (secondary N) is 1. The van der Waals surface area contributed by atoms with E-state index in [1.165, 1.54) is 12.1 Å². The summed E-state index contributed by atoms with van der Waals surface area (Å²) in [6, 6.07) is 6.28. The second kappa shape index (κ2) is 5.81. The minimum atomic E-state index is -1.02. The third kappa shape index (κ3) is 3.11. The van der Waals surface area contributed by atoms with Crippen LogP contribution in [0.15, 0.2) is 35.2 Å². The molecule has 0 fully saturated rings. The molecule has 0 aliphatic carbocycles. The van der Waals surface area contributed by atoms with Crippen LogP contribution in [0.4, 0.5) is 14.5 Å². The van der Waals surface area contributed by atoms with E-state index in [1.54, 1.807) is 13.0 Å². The predicted octanol–water partition coefficient (Wildman–Crippen LogP) is 4.47. The second-order valence-corrected chi connectivity index (χ2v) is 5.09. The molecule has 0 saturated carbocycles. The number of amides is 1. The maximum atomic E-state index is 13.1. The van der Waals surface area contributed by atoms with Crippen molar-refractivity contribution in [2.75, 3.05) is 5.32 Å². The van der Waals surface area contributed by atoms with Crippen molar-refractivity contribution in [2.45, 2.75) is 11.8 Å². The molecule has 1 amide bonds. The molecule has 104 valence electrons. The SMILES string of the molecule is Cc1cc(Cl)c(S)cc1C(=O)Nc1ccc(F)c(F)c1. The predicted molar refractivity (Wildman–Crippen MR) is 77.8 cm³/mol. The Hall–Kier alpha value is -1.59. The van der Waals surface area contributed by atoms with Crippen LogP contribution in [0.5, 0.6) is 0 Å². The second-order valence-electron chi connectivity index (χ2n) is 4.20. The summed E-state index contributed by atoms with van der Waals surface area (Å²) in [6.45, 7) is 1.72. The van der Waals surface area contributed by atoms with E-state index in [0.717, 1.165) is 12.1 Å². The number of hydrogen-bond acceptors (Lipinski definition) is 2. The minimum absolute atomic E-state index is 0.170. The molecule has 6 heteroatoms. The zero-order valence-corrected chi connectivity index (χ0v) is 12.0. The number of anilines is 1. The Kier molecular flexibility index (Phi) is 4.30. The van der Waals surface area contributed by atoms with Crippen molar-refractivity contribution in [2.24, 2.45) is 0 Å². The van der Waals surface area contributed by atoms with Crippen LogP contribution in [-0.2, 0) is 0 Å². The highest BCUT2D eigenvalue weighted by Crippen LogP contribution is 2.25. The highest BCUT2D eigenvalue weighted by atomic mass is 35.5. The van der Waals surface area contributed by atoms with Crippen LogP contribution < -0.4 is 5.32 Å². The Morgan fingerprint density at radius 2 is 1.90 bits per heavy atom. The van der Waals surface area contributed by atoms with Gasteiger partial charge in [-0.1, -0.05) is 11.6 Å². The fourth-order valence-corrected chi connectivity index (χ4v) is 2.09. The number of carbonyl (C=O) groups is 1. The van der Waals surface area contributed by atoms with Crippen molar-refractivity contribution < 1.29 is 13.6 Å². The molecule has 2 nitrogen and oxygen atoms in total. The molecule has 20 heavy (non-hydrogen) atoms. The lowest BCUT2D eigenvalue weighted by Gasteiger charge is -2.09. The molecule has 0 unspecified atom stereocenters. The van der Waals surface area contributed by atoms with Crippen LogP contribution in [-0.4, -0.2) is 5.91 Å². The van der Waals surface area contributed by atoms with Gasteiger partial charge in [-0.25, -0.2) is 8.78 Å². The Bertz CT molecular complexity index is 691. The zero-order chi connectivity index (χ0) is 14.9. The summed E-state index contributed by atoms with van der Waals surface area (Å²) in [4.78, 5) is 12.6. The highest BCUT2D eigenvalue weighted by Gasteiger charge is 2.13. The summed E-state index contributed by atoms with van der Waals surface area (Å²) in [7, 11) is 0. The molecule has 0 aliphatic heterocycles. The van der Waals surface area contributed by atoms with Gasteiger partial charge in [0, 0.05) is 22.2 Å². The van der Waals surface area contributed by atoms with Gasteiger partial charge >= 0.3 is 0 Å². The Labute approximate surface area is 125 Å². The highest BCUT2D eigenvalue weighted by molar-refractivity contribution is 7.80. The van der Waals surface area contributed by atoms with Crippen LogP contribution >= 0.6 is 24.2 Å². The van der Waals surface area contributed by atoms with Crippen LogP contribution in [0.25, 0.3) is 0 Å². The fourth-order valence-electron chi connectivity index (χ4n) is 1.68. The topological polar surface area (TPSA) is 29.1 Å². The molecule has 0 aliphatic rings. The van der Waals surface area contributed by atoms with Gasteiger partial charge < -0.3 is 5.32 Å². The maximum Gasteiger partial charge on any atom is 0.255 e. The number of hydrogen-bond donors (Lipinski definition) is 2. The van der Waals surface area contributed by atoms with Crippen molar-refractivity contribution in [3.63, 3.8) is 0 Å². The lowest BCUT2D eigenvalue weighted by atomic mass is 10.1. The average molecular weight is 314 g/mol.